The summed E-state index contributed by atoms with van der Waals surface area (Å²) in [6.07, 6.45) is 10.9. The van der Waals surface area contributed by atoms with Crippen molar-refractivity contribution in [2.45, 2.75) is 0 Å². The molecular weight excluding hydrogens is 924 g/mol. The summed E-state index contributed by atoms with van der Waals surface area (Å²) in [5.41, 5.74) is 13.1. The zero-order valence-corrected chi connectivity index (χ0v) is 40.4. The number of benzene rings is 10. The Morgan fingerprint density at radius 2 is 0.600 bits per heavy atom. The van der Waals surface area contributed by atoms with Crippen LogP contribution < -0.4 is 0 Å². The number of imidazole rings is 2. The largest absolute Gasteiger partial charge is 0.351 e. The number of fused-ring (bicyclic) bond motifs is 12. The number of nitrogens with one attached hydrogen (secondary N) is 1. The van der Waals surface area contributed by atoms with Crippen LogP contribution in [-0.4, -0.2) is 37.8 Å². The number of nitrogens with zero attached hydrogens (tertiary/aromatic N) is 7. The minimum Gasteiger partial charge on any atom is -0.351 e. The Hall–Kier alpha value is -10.3. The number of aromatic amines is 1. The highest BCUT2D eigenvalue weighted by Crippen LogP contribution is 2.40. The smallest absolute Gasteiger partial charge is 0.171 e. The van der Waals surface area contributed by atoms with E-state index in [9.17, 15) is 0 Å². The summed E-state index contributed by atoms with van der Waals surface area (Å²) in [6, 6.07) is 79.7. The van der Waals surface area contributed by atoms with Gasteiger partial charge in [-0.2, -0.15) is 0 Å². The van der Waals surface area contributed by atoms with Crippen LogP contribution in [0, 0.1) is 5.82 Å². The number of aromatic nitrogens is 8. The average molecular weight is 969 g/mol. The second-order valence-corrected chi connectivity index (χ2v) is 18.5. The van der Waals surface area contributed by atoms with E-state index in [1.54, 1.807) is 18.7 Å². The standard InChI is InChI=1S/C33H22N4.C30H19FN2.C3H4N2/c1-5-14-27-23(10-1)24-11-2-6-15-28(24)36(27)31-18-9-19-32(33(31)35-21-20-34-22-35)37-29-16-7-3-12-25(29)26-13-4-8-17-30(26)37;31-30-28(32-24-14-5-1-10-20(24)21-11-2-6-15-25(21)32)18-9-19-29(30)33-26-16-7-3-12-22(26)23-13-4-8-17-27(23)33;1-2-5-3-4-1/h1-22H;1-19H;1-3H,(H,4,5). The number of rotatable bonds is 5. The topological polar surface area (TPSA) is 66.2 Å². The van der Waals surface area contributed by atoms with Crippen molar-refractivity contribution >= 4 is 87.2 Å². The first kappa shape index (κ1) is 43.5. The van der Waals surface area contributed by atoms with E-state index in [1.807, 2.05) is 94.6 Å². The molecule has 6 heterocycles. The molecule has 0 fully saturated rings. The van der Waals surface area contributed by atoms with Crippen molar-refractivity contribution in [1.82, 2.24) is 37.8 Å². The molecule has 0 saturated heterocycles. The number of hydrogen-bond acceptors (Lipinski definition) is 2. The van der Waals surface area contributed by atoms with Gasteiger partial charge in [-0.05, 0) is 72.8 Å². The molecule has 6 aromatic heterocycles. The maximum Gasteiger partial charge on any atom is 0.171 e. The highest BCUT2D eigenvalue weighted by atomic mass is 19.1. The van der Waals surface area contributed by atoms with Gasteiger partial charge in [-0.3, -0.25) is 0 Å². The molecule has 16 rings (SSSR count). The quantitative estimate of drug-likeness (QED) is 0.187. The second kappa shape index (κ2) is 18.1. The summed E-state index contributed by atoms with van der Waals surface area (Å²) in [5.74, 6) is -0.240. The first-order valence-electron chi connectivity index (χ1n) is 25.0. The van der Waals surface area contributed by atoms with E-state index in [-0.39, 0.29) is 5.82 Å². The summed E-state index contributed by atoms with van der Waals surface area (Å²) in [6.45, 7) is 0. The first-order chi connectivity index (χ1) is 37.2. The van der Waals surface area contributed by atoms with E-state index in [2.05, 4.69) is 192 Å². The molecule has 10 aromatic carbocycles. The molecule has 0 aliphatic rings. The van der Waals surface area contributed by atoms with Crippen molar-refractivity contribution in [3.63, 3.8) is 0 Å². The monoisotopic (exact) mass is 968 g/mol. The van der Waals surface area contributed by atoms with Gasteiger partial charge in [0.2, 0.25) is 0 Å². The molecule has 0 aliphatic heterocycles. The van der Waals surface area contributed by atoms with Gasteiger partial charge in [-0.15, -0.1) is 0 Å². The van der Waals surface area contributed by atoms with Crippen molar-refractivity contribution in [2.75, 3.05) is 0 Å². The molecule has 0 amide bonds. The van der Waals surface area contributed by atoms with Crippen molar-refractivity contribution in [3.05, 3.63) is 274 Å². The van der Waals surface area contributed by atoms with Crippen LogP contribution >= 0.6 is 0 Å². The predicted molar refractivity (Wildman–Crippen MR) is 306 cm³/mol. The van der Waals surface area contributed by atoms with Gasteiger partial charge in [-0.25, -0.2) is 14.4 Å². The summed E-state index contributed by atoms with van der Waals surface area (Å²) in [4.78, 5) is 10.9. The Morgan fingerprint density at radius 1 is 0.307 bits per heavy atom. The summed E-state index contributed by atoms with van der Waals surface area (Å²) in [5, 5.41) is 9.47. The Balaban J connectivity index is 0.000000127. The van der Waals surface area contributed by atoms with Crippen molar-refractivity contribution in [3.8, 4) is 28.4 Å². The fourth-order valence-electron chi connectivity index (χ4n) is 11.3. The Kier molecular flexibility index (Phi) is 10.5. The molecule has 356 valence electrons. The van der Waals surface area contributed by atoms with Crippen LogP contribution in [0.25, 0.3) is 116 Å². The third-order valence-corrected chi connectivity index (χ3v) is 14.4. The molecule has 1 N–H and O–H groups in total. The van der Waals surface area contributed by atoms with Crippen LogP contribution in [-0.2, 0) is 0 Å². The Bertz CT molecular complexity index is 4250. The molecule has 16 aromatic rings. The van der Waals surface area contributed by atoms with Gasteiger partial charge in [0.1, 0.15) is 0 Å². The van der Waals surface area contributed by atoms with Crippen LogP contribution in [0.3, 0.4) is 0 Å². The van der Waals surface area contributed by atoms with E-state index < -0.39 is 0 Å². The van der Waals surface area contributed by atoms with Crippen molar-refractivity contribution in [2.24, 2.45) is 0 Å². The van der Waals surface area contributed by atoms with Crippen LogP contribution in [0.15, 0.2) is 268 Å². The SMILES string of the molecule is Fc1c(-n2c3ccccc3c3ccccc32)cccc1-n1c2ccccc2c2ccccc21.c1c[nH]cn1.c1cc(-n2c3ccccc3c3ccccc32)c(-n2ccnc2)c(-n2c3ccccc3c3ccccc32)c1. The van der Waals surface area contributed by atoms with Crippen molar-refractivity contribution < 1.29 is 4.39 Å². The van der Waals surface area contributed by atoms with Crippen LogP contribution in [0.5, 0.6) is 0 Å². The molecule has 8 nitrogen and oxygen atoms in total. The molecule has 0 atom stereocenters. The maximum absolute atomic E-state index is 16.5. The third kappa shape index (κ3) is 7.05. The zero-order chi connectivity index (χ0) is 49.8. The number of halogens is 1. The van der Waals surface area contributed by atoms with Gasteiger partial charge in [0, 0.05) is 67.9 Å². The van der Waals surface area contributed by atoms with Crippen LogP contribution in [0.1, 0.15) is 0 Å². The van der Waals surface area contributed by atoms with Gasteiger partial charge in [0.25, 0.3) is 0 Å². The molecule has 0 saturated carbocycles. The van der Waals surface area contributed by atoms with E-state index in [4.69, 9.17) is 0 Å². The molecular formula is C66H45FN8. The summed E-state index contributed by atoms with van der Waals surface area (Å²) < 4.78 is 27.5. The lowest BCUT2D eigenvalue weighted by atomic mass is 10.2. The van der Waals surface area contributed by atoms with Gasteiger partial charge < -0.3 is 27.8 Å². The average Bonchev–Trinajstić information content (AvgIpc) is 4.36. The lowest BCUT2D eigenvalue weighted by Gasteiger charge is -2.20. The van der Waals surface area contributed by atoms with Gasteiger partial charge in [-0.1, -0.05) is 158 Å². The summed E-state index contributed by atoms with van der Waals surface area (Å²) >= 11 is 0. The molecule has 0 bridgehead atoms. The fraction of sp³-hybridized carbons (Fsp3) is 0. The third-order valence-electron chi connectivity index (χ3n) is 14.4. The molecule has 75 heavy (non-hydrogen) atoms. The predicted octanol–water partition coefficient (Wildman–Crippen LogP) is 16.5. The Labute approximate surface area is 429 Å². The molecule has 9 heteroatoms. The minimum absolute atomic E-state index is 0.240. The normalized spacial score (nSPS) is 11.5. The van der Waals surface area contributed by atoms with Gasteiger partial charge in [0.15, 0.2) is 5.82 Å². The zero-order valence-electron chi connectivity index (χ0n) is 40.4. The van der Waals surface area contributed by atoms with Crippen LogP contribution in [0.2, 0.25) is 0 Å². The maximum atomic E-state index is 16.5. The molecule has 0 radical (unpaired) electrons. The van der Waals surface area contributed by atoms with E-state index >= 15 is 4.39 Å². The van der Waals surface area contributed by atoms with E-state index in [1.165, 1.54) is 43.6 Å². The lowest BCUT2D eigenvalue weighted by molar-refractivity contribution is 0.614. The fourth-order valence-corrected chi connectivity index (χ4v) is 11.3. The van der Waals surface area contributed by atoms with E-state index in [0.29, 0.717) is 11.4 Å². The van der Waals surface area contributed by atoms with Crippen LogP contribution in [0.4, 0.5) is 4.39 Å². The lowest BCUT2D eigenvalue weighted by Crippen LogP contribution is -2.07. The minimum atomic E-state index is -0.240. The molecule has 0 unspecified atom stereocenters. The molecule has 0 aliphatic carbocycles. The van der Waals surface area contributed by atoms with Crippen molar-refractivity contribution in [1.29, 1.82) is 0 Å². The number of para-hydroxylation sites is 9. The summed E-state index contributed by atoms with van der Waals surface area (Å²) in [7, 11) is 0. The van der Waals surface area contributed by atoms with E-state index in [0.717, 1.165) is 60.7 Å². The second-order valence-electron chi connectivity index (χ2n) is 18.5. The van der Waals surface area contributed by atoms with Gasteiger partial charge in [0.05, 0.1) is 85.2 Å². The number of H-pyrrole nitrogens is 1. The first-order valence-corrected chi connectivity index (χ1v) is 25.0. The highest BCUT2D eigenvalue weighted by molar-refractivity contribution is 6.13. The molecule has 0 spiro atoms. The Morgan fingerprint density at radius 3 is 0.853 bits per heavy atom. The number of hydrogen-bond donors (Lipinski definition) is 1. The highest BCUT2D eigenvalue weighted by Gasteiger charge is 2.23. The van der Waals surface area contributed by atoms with Gasteiger partial charge >= 0.3 is 0 Å².